The zero-order chi connectivity index (χ0) is 18.4. The molecule has 0 saturated carbocycles. The van der Waals surface area contributed by atoms with Crippen molar-refractivity contribution in [2.75, 3.05) is 26.2 Å². The van der Waals surface area contributed by atoms with Gasteiger partial charge in [0.1, 0.15) is 5.69 Å². The van der Waals surface area contributed by atoms with Gasteiger partial charge in [-0.3, -0.25) is 14.8 Å². The molecule has 0 atom stereocenters. The van der Waals surface area contributed by atoms with Crippen molar-refractivity contribution in [1.82, 2.24) is 25.2 Å². The van der Waals surface area contributed by atoms with Crippen LogP contribution in [0.3, 0.4) is 0 Å². The van der Waals surface area contributed by atoms with E-state index in [2.05, 4.69) is 39.0 Å². The number of likely N-dealkylation sites (N-methyl/N-ethyl adjacent to an activating group) is 1. The minimum atomic E-state index is -0.166. The van der Waals surface area contributed by atoms with Crippen molar-refractivity contribution < 1.29 is 4.79 Å². The molecule has 0 spiro atoms. The number of nitrogens with one attached hydrogen (secondary N) is 1. The highest BCUT2D eigenvalue weighted by molar-refractivity contribution is 6.00. The van der Waals surface area contributed by atoms with Gasteiger partial charge in [0.2, 0.25) is 0 Å². The predicted molar refractivity (Wildman–Crippen MR) is 103 cm³/mol. The maximum atomic E-state index is 12.6. The molecule has 0 aromatic carbocycles. The highest BCUT2D eigenvalue weighted by Crippen LogP contribution is 2.27. The Morgan fingerprint density at radius 3 is 2.65 bits per heavy atom. The number of hydrogen-bond acceptors (Lipinski definition) is 5. The van der Waals surface area contributed by atoms with Gasteiger partial charge < -0.3 is 10.2 Å². The lowest BCUT2D eigenvalue weighted by Gasteiger charge is -2.18. The van der Waals surface area contributed by atoms with Crippen LogP contribution >= 0.6 is 0 Å². The summed E-state index contributed by atoms with van der Waals surface area (Å²) >= 11 is 0. The van der Waals surface area contributed by atoms with E-state index in [1.165, 1.54) is 0 Å². The molecule has 3 heterocycles. The quantitative estimate of drug-likeness (QED) is 0.710. The Labute approximate surface area is 153 Å². The largest absolute Gasteiger partial charge is 0.349 e. The number of carbonyl (C=O) groups is 1. The van der Waals surface area contributed by atoms with Gasteiger partial charge in [-0.2, -0.15) is 0 Å². The summed E-state index contributed by atoms with van der Waals surface area (Å²) in [4.78, 5) is 27.8. The van der Waals surface area contributed by atoms with E-state index in [0.29, 0.717) is 12.2 Å². The molecular formula is C20H23N5O. The predicted octanol–water partition coefficient (Wildman–Crippen LogP) is 2.76. The summed E-state index contributed by atoms with van der Waals surface area (Å²) < 4.78 is 0. The Kier molecular flexibility index (Phi) is 5.86. The van der Waals surface area contributed by atoms with Gasteiger partial charge in [0.15, 0.2) is 0 Å². The second-order valence-corrected chi connectivity index (χ2v) is 5.97. The number of pyridine rings is 3. The van der Waals surface area contributed by atoms with Gasteiger partial charge in [0.05, 0.1) is 5.52 Å². The van der Waals surface area contributed by atoms with E-state index < -0.39 is 0 Å². The second kappa shape index (κ2) is 8.49. The molecule has 1 N–H and O–H groups in total. The molecule has 26 heavy (non-hydrogen) atoms. The number of fused-ring (bicyclic) bond motifs is 1. The van der Waals surface area contributed by atoms with Gasteiger partial charge in [-0.1, -0.05) is 19.9 Å². The molecule has 0 aliphatic carbocycles. The van der Waals surface area contributed by atoms with Gasteiger partial charge in [-0.15, -0.1) is 0 Å². The van der Waals surface area contributed by atoms with Crippen LogP contribution in [0.1, 0.15) is 24.3 Å². The van der Waals surface area contributed by atoms with Crippen LogP contribution in [-0.4, -0.2) is 51.9 Å². The number of nitrogens with zero attached hydrogens (tertiary/aromatic N) is 4. The summed E-state index contributed by atoms with van der Waals surface area (Å²) in [6.07, 6.45) is 6.97. The summed E-state index contributed by atoms with van der Waals surface area (Å²) in [5.74, 6) is -0.166. The summed E-state index contributed by atoms with van der Waals surface area (Å²) in [7, 11) is 0. The van der Waals surface area contributed by atoms with Crippen LogP contribution in [0.5, 0.6) is 0 Å². The number of carbonyl (C=O) groups excluding carboxylic acids is 1. The van der Waals surface area contributed by atoms with E-state index >= 15 is 0 Å². The molecule has 3 aromatic heterocycles. The van der Waals surface area contributed by atoms with Crippen molar-refractivity contribution in [3.63, 3.8) is 0 Å². The van der Waals surface area contributed by atoms with Gasteiger partial charge in [0.25, 0.3) is 5.91 Å². The maximum absolute atomic E-state index is 12.6. The number of rotatable bonds is 7. The molecule has 0 aliphatic heterocycles. The first-order valence-electron chi connectivity index (χ1n) is 8.88. The number of hydrogen-bond donors (Lipinski definition) is 1. The van der Waals surface area contributed by atoms with Gasteiger partial charge in [0, 0.05) is 48.8 Å². The molecule has 0 unspecified atom stereocenters. The molecule has 1 amide bonds. The fraction of sp³-hybridized carbons (Fsp3) is 0.300. The van der Waals surface area contributed by atoms with Crippen LogP contribution in [0, 0.1) is 0 Å². The monoisotopic (exact) mass is 349 g/mol. The molecule has 134 valence electrons. The van der Waals surface area contributed by atoms with Crippen LogP contribution in [-0.2, 0) is 0 Å². The second-order valence-electron chi connectivity index (χ2n) is 5.97. The van der Waals surface area contributed by atoms with E-state index in [9.17, 15) is 4.79 Å². The highest BCUT2D eigenvalue weighted by Gasteiger charge is 2.13. The summed E-state index contributed by atoms with van der Waals surface area (Å²) in [5.41, 5.74) is 2.99. The average Bonchev–Trinajstić information content (AvgIpc) is 2.71. The highest BCUT2D eigenvalue weighted by atomic mass is 16.1. The van der Waals surface area contributed by atoms with Crippen molar-refractivity contribution in [1.29, 1.82) is 0 Å². The topological polar surface area (TPSA) is 71.0 Å². The smallest absolute Gasteiger partial charge is 0.269 e. The van der Waals surface area contributed by atoms with Crippen LogP contribution < -0.4 is 5.32 Å². The number of amides is 1. The maximum Gasteiger partial charge on any atom is 0.269 e. The third-order valence-corrected chi connectivity index (χ3v) is 4.42. The zero-order valence-corrected chi connectivity index (χ0v) is 15.1. The SMILES string of the molecule is CCN(CC)CCNC(=O)c1cc(-c2cccnc2)c2cnccc2n1. The minimum absolute atomic E-state index is 0.166. The third kappa shape index (κ3) is 4.03. The van der Waals surface area contributed by atoms with Crippen LogP contribution in [0.15, 0.2) is 49.1 Å². The van der Waals surface area contributed by atoms with Crippen molar-refractivity contribution in [3.05, 3.63) is 54.7 Å². The lowest BCUT2D eigenvalue weighted by atomic mass is 10.0. The Bertz CT molecular complexity index is 878. The van der Waals surface area contributed by atoms with Crippen LogP contribution in [0.2, 0.25) is 0 Å². The zero-order valence-electron chi connectivity index (χ0n) is 15.1. The van der Waals surface area contributed by atoms with Gasteiger partial charge in [-0.25, -0.2) is 4.98 Å². The fourth-order valence-electron chi connectivity index (χ4n) is 2.90. The standard InChI is InChI=1S/C20H23N5O/c1-3-25(4-2)11-10-23-20(26)19-12-16(15-6-5-8-21-13-15)17-14-22-9-7-18(17)24-19/h5-9,12-14H,3-4,10-11H2,1-2H3,(H,23,26). The minimum Gasteiger partial charge on any atom is -0.349 e. The molecule has 0 aliphatic rings. The Morgan fingerprint density at radius 1 is 1.12 bits per heavy atom. The van der Waals surface area contributed by atoms with Crippen molar-refractivity contribution in [2.45, 2.75) is 13.8 Å². The molecular weight excluding hydrogens is 326 g/mol. The third-order valence-electron chi connectivity index (χ3n) is 4.42. The van der Waals surface area contributed by atoms with Crippen molar-refractivity contribution in [3.8, 4) is 11.1 Å². The fourth-order valence-corrected chi connectivity index (χ4v) is 2.90. The first kappa shape index (κ1) is 17.9. The lowest BCUT2D eigenvalue weighted by molar-refractivity contribution is 0.0944. The first-order chi connectivity index (χ1) is 12.7. The number of aromatic nitrogens is 3. The van der Waals surface area contributed by atoms with Crippen molar-refractivity contribution >= 4 is 16.8 Å². The Morgan fingerprint density at radius 2 is 1.92 bits per heavy atom. The molecule has 0 saturated heterocycles. The molecule has 0 fully saturated rings. The summed E-state index contributed by atoms with van der Waals surface area (Å²) in [6.45, 7) is 7.59. The normalized spacial score (nSPS) is 11.0. The molecule has 6 heteroatoms. The molecule has 0 bridgehead atoms. The van der Waals surface area contributed by atoms with Gasteiger partial charge in [-0.05, 0) is 36.9 Å². The van der Waals surface area contributed by atoms with Gasteiger partial charge >= 0.3 is 0 Å². The summed E-state index contributed by atoms with van der Waals surface area (Å²) in [5, 5.41) is 3.87. The Balaban J connectivity index is 1.88. The summed E-state index contributed by atoms with van der Waals surface area (Å²) in [6, 6.07) is 7.48. The average molecular weight is 349 g/mol. The van der Waals surface area contributed by atoms with E-state index in [1.54, 1.807) is 24.8 Å². The van der Waals surface area contributed by atoms with Crippen LogP contribution in [0.25, 0.3) is 22.0 Å². The van der Waals surface area contributed by atoms with E-state index in [-0.39, 0.29) is 5.91 Å². The van der Waals surface area contributed by atoms with E-state index in [1.807, 2.05) is 24.3 Å². The molecule has 3 rings (SSSR count). The van der Waals surface area contributed by atoms with E-state index in [4.69, 9.17) is 0 Å². The molecule has 6 nitrogen and oxygen atoms in total. The lowest BCUT2D eigenvalue weighted by Crippen LogP contribution is -2.35. The van der Waals surface area contributed by atoms with Crippen LogP contribution in [0.4, 0.5) is 0 Å². The Hall–Kier alpha value is -2.86. The molecule has 0 radical (unpaired) electrons. The first-order valence-corrected chi connectivity index (χ1v) is 8.88. The van der Waals surface area contributed by atoms with Crippen molar-refractivity contribution in [2.24, 2.45) is 0 Å². The van der Waals surface area contributed by atoms with E-state index in [0.717, 1.165) is 41.7 Å². The molecule has 3 aromatic rings.